The van der Waals surface area contributed by atoms with E-state index in [1.807, 2.05) is 27.1 Å². The van der Waals surface area contributed by atoms with Gasteiger partial charge in [-0.3, -0.25) is 19.1 Å². The minimum absolute atomic E-state index is 0.0297. The highest BCUT2D eigenvalue weighted by Crippen LogP contribution is 2.64. The zero-order chi connectivity index (χ0) is 32.4. The number of benzene rings is 1. The fraction of sp³-hybridized carbons (Fsp3) is 0.406. The number of nitrogens with one attached hydrogen (secondary N) is 1. The number of likely N-dealkylation sites (tertiary alicyclic amines) is 1. The van der Waals surface area contributed by atoms with Crippen molar-refractivity contribution in [3.8, 4) is 11.1 Å². The summed E-state index contributed by atoms with van der Waals surface area (Å²) in [5.41, 5.74) is 1.47. The Morgan fingerprint density at radius 3 is 2.51 bits per heavy atom. The molecule has 3 aromatic heterocycles. The number of carbonyl (C=O) groups excluding carboxylic acids is 3. The number of aryl methyl sites for hydroxylation is 2. The first-order valence-electron chi connectivity index (χ1n) is 14.7. The summed E-state index contributed by atoms with van der Waals surface area (Å²) in [6.07, 6.45) is 3.54. The molecule has 0 unspecified atom stereocenters. The van der Waals surface area contributed by atoms with Crippen molar-refractivity contribution in [2.75, 3.05) is 26.0 Å². The number of piperidine rings is 1. The van der Waals surface area contributed by atoms with Gasteiger partial charge in [-0.2, -0.15) is 5.10 Å². The highest BCUT2D eigenvalue weighted by Gasteiger charge is 2.72. The van der Waals surface area contributed by atoms with Gasteiger partial charge in [0.15, 0.2) is 5.78 Å². The Bertz CT molecular complexity index is 1860. The molecule has 1 N–H and O–H groups in total. The van der Waals surface area contributed by atoms with E-state index in [0.29, 0.717) is 33.7 Å². The van der Waals surface area contributed by atoms with E-state index in [-0.39, 0.29) is 52.4 Å². The van der Waals surface area contributed by atoms with Crippen molar-refractivity contribution in [2.45, 2.75) is 52.7 Å². The van der Waals surface area contributed by atoms with Crippen LogP contribution in [0.15, 0.2) is 41.3 Å². The number of Topliss-reactive ketones (excluding diaryl/α,β-unsaturated/α-hetero) is 1. The highest BCUT2D eigenvalue weighted by atomic mass is 79.9. The standard InChI is InChI=1S/C32H34BrFN8O3/c1-16-7-10-24(33)37-30(16)38-31(45)23-11-32(15-40(5)6)17(2)29(32)42(23)25(44)14-41-22-9-8-21(20-12-35-19(4)36-13-20)27(34)26(22)28(39-41)18(3)43/h7-10,12-13,17,23,29H,11,14-15H2,1-6H3,(H,37,38,45)/t17-,23+,29+,32+/m1/s1. The summed E-state index contributed by atoms with van der Waals surface area (Å²) in [4.78, 5) is 57.1. The normalized spacial score (nSPS) is 22.2. The molecule has 1 aromatic carbocycles. The average molecular weight is 678 g/mol. The molecule has 1 saturated carbocycles. The number of amides is 2. The zero-order valence-electron chi connectivity index (χ0n) is 25.9. The second-order valence-corrected chi connectivity index (χ2v) is 13.2. The Morgan fingerprint density at radius 1 is 1.13 bits per heavy atom. The van der Waals surface area contributed by atoms with Crippen LogP contribution in [0.4, 0.5) is 10.2 Å². The first kappa shape index (κ1) is 30.9. The van der Waals surface area contributed by atoms with E-state index < -0.39 is 17.6 Å². The lowest BCUT2D eigenvalue weighted by atomic mass is 9.95. The SMILES string of the molecule is CC(=O)c1nn(CC(=O)N2[C@H]3[C@@H](C)[C@@]3(CN(C)C)C[C@H]2C(=O)Nc2nc(Br)ccc2C)c2ccc(-c3cnc(C)nc3)c(F)c12. The molecule has 13 heteroatoms. The fourth-order valence-electron chi connectivity index (χ4n) is 6.98. The molecule has 2 amide bonds. The molecule has 0 spiro atoms. The number of nitrogens with zero attached hydrogens (tertiary/aromatic N) is 7. The van der Waals surface area contributed by atoms with Gasteiger partial charge in [0.05, 0.1) is 10.9 Å². The summed E-state index contributed by atoms with van der Waals surface area (Å²) in [7, 11) is 3.96. The predicted octanol–water partition coefficient (Wildman–Crippen LogP) is 4.42. The number of carbonyl (C=O) groups is 3. The van der Waals surface area contributed by atoms with Gasteiger partial charge in [-0.05, 0) is 80.0 Å². The van der Waals surface area contributed by atoms with Gasteiger partial charge in [-0.15, -0.1) is 0 Å². The van der Waals surface area contributed by atoms with Crippen molar-refractivity contribution in [1.29, 1.82) is 0 Å². The number of hydrogen-bond acceptors (Lipinski definition) is 8. The van der Waals surface area contributed by atoms with Crippen molar-refractivity contribution in [1.82, 2.24) is 34.5 Å². The molecular formula is C32H34BrFN8O3. The van der Waals surface area contributed by atoms with Gasteiger partial charge in [0.1, 0.15) is 40.3 Å². The van der Waals surface area contributed by atoms with Crippen LogP contribution in [0, 0.1) is 31.0 Å². The molecule has 11 nitrogen and oxygen atoms in total. The lowest BCUT2D eigenvalue weighted by Crippen LogP contribution is -2.47. The molecule has 0 bridgehead atoms. The predicted molar refractivity (Wildman–Crippen MR) is 170 cm³/mol. The van der Waals surface area contributed by atoms with E-state index in [4.69, 9.17) is 0 Å². The van der Waals surface area contributed by atoms with Gasteiger partial charge >= 0.3 is 0 Å². The van der Waals surface area contributed by atoms with Gasteiger partial charge < -0.3 is 15.1 Å². The third kappa shape index (κ3) is 5.31. The molecule has 6 rings (SSSR count). The number of anilines is 1. The smallest absolute Gasteiger partial charge is 0.248 e. The molecule has 45 heavy (non-hydrogen) atoms. The van der Waals surface area contributed by atoms with E-state index in [0.717, 1.165) is 12.1 Å². The summed E-state index contributed by atoms with van der Waals surface area (Å²) in [6.45, 7) is 7.45. The van der Waals surface area contributed by atoms with Crippen LogP contribution in [0.25, 0.3) is 22.0 Å². The minimum atomic E-state index is -0.738. The van der Waals surface area contributed by atoms with Crippen LogP contribution in [0.5, 0.6) is 0 Å². The lowest BCUT2D eigenvalue weighted by Gasteiger charge is -2.28. The molecule has 1 saturated heterocycles. The topological polar surface area (TPSA) is 126 Å². The van der Waals surface area contributed by atoms with Crippen molar-refractivity contribution >= 4 is 50.2 Å². The second kappa shape index (κ2) is 11.4. The Morgan fingerprint density at radius 2 is 1.84 bits per heavy atom. The first-order valence-corrected chi connectivity index (χ1v) is 15.5. The number of pyridine rings is 1. The average Bonchev–Trinajstić information content (AvgIpc) is 3.26. The van der Waals surface area contributed by atoms with Gasteiger partial charge in [0.25, 0.3) is 0 Å². The molecule has 234 valence electrons. The maximum atomic E-state index is 16.0. The third-order valence-corrected chi connectivity index (χ3v) is 9.58. The molecule has 0 radical (unpaired) electrons. The van der Waals surface area contributed by atoms with Crippen LogP contribution in [-0.4, -0.2) is 84.9 Å². The van der Waals surface area contributed by atoms with Crippen molar-refractivity contribution in [3.63, 3.8) is 0 Å². The van der Waals surface area contributed by atoms with Gasteiger partial charge in [-0.1, -0.05) is 13.0 Å². The Balaban J connectivity index is 1.35. The van der Waals surface area contributed by atoms with Gasteiger partial charge in [-0.25, -0.2) is 19.3 Å². The quantitative estimate of drug-likeness (QED) is 0.215. The number of ketones is 1. The summed E-state index contributed by atoms with van der Waals surface area (Å²) in [5, 5.41) is 7.38. The first-order chi connectivity index (χ1) is 21.3. The Hall–Kier alpha value is -4.10. The second-order valence-electron chi connectivity index (χ2n) is 12.4. The highest BCUT2D eigenvalue weighted by molar-refractivity contribution is 9.10. The van der Waals surface area contributed by atoms with Crippen LogP contribution in [0.1, 0.15) is 42.1 Å². The maximum absolute atomic E-state index is 16.0. The van der Waals surface area contributed by atoms with Gasteiger partial charge in [0, 0.05) is 48.4 Å². The Kier molecular flexibility index (Phi) is 7.80. The van der Waals surface area contributed by atoms with Crippen LogP contribution < -0.4 is 5.32 Å². The molecule has 2 fully saturated rings. The van der Waals surface area contributed by atoms with Crippen LogP contribution in [-0.2, 0) is 16.1 Å². The van der Waals surface area contributed by atoms with Crippen molar-refractivity contribution in [3.05, 3.63) is 64.2 Å². The molecule has 4 heterocycles. The van der Waals surface area contributed by atoms with E-state index >= 15 is 4.39 Å². The molecular weight excluding hydrogens is 643 g/mol. The zero-order valence-corrected chi connectivity index (χ0v) is 27.5. The number of rotatable bonds is 8. The van der Waals surface area contributed by atoms with Crippen LogP contribution >= 0.6 is 15.9 Å². The molecule has 2 aliphatic rings. The van der Waals surface area contributed by atoms with E-state index in [1.165, 1.54) is 24.0 Å². The van der Waals surface area contributed by atoms with E-state index in [9.17, 15) is 14.4 Å². The summed E-state index contributed by atoms with van der Waals surface area (Å²) in [6, 6.07) is 5.97. The largest absolute Gasteiger partial charge is 0.325 e. The monoisotopic (exact) mass is 676 g/mol. The minimum Gasteiger partial charge on any atom is -0.325 e. The summed E-state index contributed by atoms with van der Waals surface area (Å²) in [5.74, 6) is -0.574. The fourth-order valence-corrected chi connectivity index (χ4v) is 7.29. The Labute approximate surface area is 268 Å². The van der Waals surface area contributed by atoms with E-state index in [2.05, 4.69) is 53.1 Å². The van der Waals surface area contributed by atoms with E-state index in [1.54, 1.807) is 30.0 Å². The van der Waals surface area contributed by atoms with Gasteiger partial charge in [0.2, 0.25) is 11.8 Å². The number of halogens is 2. The number of aromatic nitrogens is 5. The van der Waals surface area contributed by atoms with Crippen LogP contribution in [0.3, 0.4) is 0 Å². The van der Waals surface area contributed by atoms with Crippen molar-refractivity contribution in [2.24, 2.45) is 11.3 Å². The molecule has 1 aliphatic heterocycles. The van der Waals surface area contributed by atoms with Crippen LogP contribution in [0.2, 0.25) is 0 Å². The number of fused-ring (bicyclic) bond motifs is 2. The maximum Gasteiger partial charge on any atom is 0.248 e. The number of hydrogen-bond donors (Lipinski definition) is 1. The molecule has 4 atom stereocenters. The molecule has 1 aliphatic carbocycles. The summed E-state index contributed by atoms with van der Waals surface area (Å²) < 4.78 is 18.0. The third-order valence-electron chi connectivity index (χ3n) is 9.14. The summed E-state index contributed by atoms with van der Waals surface area (Å²) >= 11 is 3.36. The lowest BCUT2D eigenvalue weighted by molar-refractivity contribution is -0.138. The molecule has 4 aromatic rings. The van der Waals surface area contributed by atoms with Crippen molar-refractivity contribution < 1.29 is 18.8 Å².